The number of hydrogen-bond donors (Lipinski definition) is 1. The van der Waals surface area contributed by atoms with Gasteiger partial charge in [0.1, 0.15) is 0 Å². The molecule has 3 aliphatic rings. The normalized spacial score (nSPS) is 23.3. The Bertz CT molecular complexity index is 668. The Morgan fingerprint density at radius 1 is 1.07 bits per heavy atom. The van der Waals surface area contributed by atoms with Gasteiger partial charge < -0.3 is 15.1 Å². The number of para-hydroxylation sites is 1. The lowest BCUT2D eigenvalue weighted by atomic mass is 10.1. The van der Waals surface area contributed by atoms with E-state index in [2.05, 4.69) is 45.4 Å². The van der Waals surface area contributed by atoms with Crippen LogP contribution >= 0.6 is 0 Å². The summed E-state index contributed by atoms with van der Waals surface area (Å²) in [6, 6.07) is 10.6. The van der Waals surface area contributed by atoms with E-state index in [1.807, 2.05) is 4.90 Å². The third kappa shape index (κ3) is 5.04. The second-order valence-electron chi connectivity index (χ2n) is 8.45. The summed E-state index contributed by atoms with van der Waals surface area (Å²) in [4.78, 5) is 31.2. The van der Waals surface area contributed by atoms with Gasteiger partial charge in [0, 0.05) is 57.9 Å². The Labute approximate surface area is 167 Å². The fraction of sp³-hybridized carbons (Fsp3) is 0.636. The zero-order valence-corrected chi connectivity index (χ0v) is 16.7. The van der Waals surface area contributed by atoms with Crippen molar-refractivity contribution in [1.29, 1.82) is 0 Å². The summed E-state index contributed by atoms with van der Waals surface area (Å²) in [6.45, 7) is 7.42. The molecule has 1 N–H and O–H groups in total. The zero-order chi connectivity index (χ0) is 19.3. The number of hydrogen-bond acceptors (Lipinski definition) is 4. The van der Waals surface area contributed by atoms with Crippen LogP contribution in [0.1, 0.15) is 25.7 Å². The smallest absolute Gasteiger partial charge is 0.225 e. The van der Waals surface area contributed by atoms with E-state index < -0.39 is 0 Å². The lowest BCUT2D eigenvalue weighted by Gasteiger charge is -2.36. The molecule has 1 atom stereocenters. The van der Waals surface area contributed by atoms with Crippen molar-refractivity contribution in [1.82, 2.24) is 15.1 Å². The number of amides is 2. The number of likely N-dealkylation sites (tertiary alicyclic amines) is 1. The van der Waals surface area contributed by atoms with Crippen molar-refractivity contribution >= 4 is 17.5 Å². The summed E-state index contributed by atoms with van der Waals surface area (Å²) < 4.78 is 0. The van der Waals surface area contributed by atoms with Crippen LogP contribution in [0.15, 0.2) is 30.3 Å². The van der Waals surface area contributed by atoms with Crippen LogP contribution in [-0.4, -0.2) is 74.0 Å². The Hall–Kier alpha value is -2.08. The molecule has 1 unspecified atom stereocenters. The van der Waals surface area contributed by atoms with E-state index in [1.54, 1.807) is 0 Å². The van der Waals surface area contributed by atoms with Crippen molar-refractivity contribution < 1.29 is 9.59 Å². The minimum absolute atomic E-state index is 0.0561. The Morgan fingerprint density at radius 3 is 2.54 bits per heavy atom. The van der Waals surface area contributed by atoms with Gasteiger partial charge >= 0.3 is 0 Å². The summed E-state index contributed by atoms with van der Waals surface area (Å²) >= 11 is 0. The van der Waals surface area contributed by atoms with Gasteiger partial charge in [-0.15, -0.1) is 0 Å². The Kier molecular flexibility index (Phi) is 6.15. The average molecular weight is 385 g/mol. The highest BCUT2D eigenvalue weighted by Crippen LogP contribution is 2.32. The summed E-state index contributed by atoms with van der Waals surface area (Å²) in [5.41, 5.74) is 1.30. The van der Waals surface area contributed by atoms with Gasteiger partial charge in [0.05, 0.1) is 5.92 Å². The van der Waals surface area contributed by atoms with Crippen molar-refractivity contribution in [3.05, 3.63) is 30.3 Å². The first kappa shape index (κ1) is 19.2. The molecule has 3 fully saturated rings. The molecular weight excluding hydrogens is 352 g/mol. The molecule has 0 radical (unpaired) electrons. The quantitative estimate of drug-likeness (QED) is 0.692. The van der Waals surface area contributed by atoms with Gasteiger partial charge in [0.25, 0.3) is 0 Å². The number of nitrogens with zero attached hydrogens (tertiary/aromatic N) is 3. The molecule has 2 aliphatic heterocycles. The van der Waals surface area contributed by atoms with Crippen molar-refractivity contribution in [3.63, 3.8) is 0 Å². The second-order valence-corrected chi connectivity index (χ2v) is 8.45. The number of rotatable bonds is 8. The van der Waals surface area contributed by atoms with Gasteiger partial charge in [0.15, 0.2) is 0 Å². The molecule has 152 valence electrons. The lowest BCUT2D eigenvalue weighted by Crippen LogP contribution is -2.47. The Morgan fingerprint density at radius 2 is 1.82 bits per heavy atom. The van der Waals surface area contributed by atoms with Crippen LogP contribution in [-0.2, 0) is 9.59 Å². The first-order valence-corrected chi connectivity index (χ1v) is 10.8. The predicted octanol–water partition coefficient (Wildman–Crippen LogP) is 1.57. The molecular formula is C22H32N4O2. The van der Waals surface area contributed by atoms with Gasteiger partial charge in [0.2, 0.25) is 11.8 Å². The lowest BCUT2D eigenvalue weighted by molar-refractivity contribution is -0.129. The van der Waals surface area contributed by atoms with E-state index in [1.165, 1.54) is 18.5 Å². The number of benzene rings is 1. The SMILES string of the molecule is O=C(NCCCN1CCN(c2ccccc2)CC1)C1CC(=O)N(CC2CC2)C1. The molecule has 6 heteroatoms. The molecule has 1 aromatic carbocycles. The van der Waals surface area contributed by atoms with E-state index in [0.29, 0.717) is 25.4 Å². The zero-order valence-electron chi connectivity index (χ0n) is 16.7. The predicted molar refractivity (Wildman–Crippen MR) is 110 cm³/mol. The first-order valence-electron chi connectivity index (χ1n) is 10.8. The van der Waals surface area contributed by atoms with Gasteiger partial charge in [-0.2, -0.15) is 0 Å². The molecule has 0 spiro atoms. The molecule has 28 heavy (non-hydrogen) atoms. The van der Waals surface area contributed by atoms with Gasteiger partial charge in [-0.05, 0) is 43.9 Å². The van der Waals surface area contributed by atoms with Crippen LogP contribution in [0.5, 0.6) is 0 Å². The molecule has 1 aromatic rings. The van der Waals surface area contributed by atoms with E-state index in [-0.39, 0.29) is 17.7 Å². The van der Waals surface area contributed by atoms with Crippen LogP contribution in [0.2, 0.25) is 0 Å². The molecule has 0 bridgehead atoms. The minimum atomic E-state index is -0.152. The summed E-state index contributed by atoms with van der Waals surface area (Å²) in [5, 5.41) is 3.05. The largest absolute Gasteiger partial charge is 0.369 e. The van der Waals surface area contributed by atoms with E-state index >= 15 is 0 Å². The van der Waals surface area contributed by atoms with Crippen LogP contribution in [0.25, 0.3) is 0 Å². The highest BCUT2D eigenvalue weighted by Gasteiger charge is 2.36. The third-order valence-corrected chi connectivity index (χ3v) is 6.20. The van der Waals surface area contributed by atoms with Crippen LogP contribution in [0.3, 0.4) is 0 Å². The minimum Gasteiger partial charge on any atom is -0.369 e. The van der Waals surface area contributed by atoms with Crippen molar-refractivity contribution in [2.45, 2.75) is 25.7 Å². The average Bonchev–Trinajstić information content (AvgIpc) is 3.47. The number of nitrogens with one attached hydrogen (secondary N) is 1. The first-order chi connectivity index (χ1) is 13.7. The van der Waals surface area contributed by atoms with Gasteiger partial charge in [-0.1, -0.05) is 18.2 Å². The van der Waals surface area contributed by atoms with Crippen LogP contribution < -0.4 is 10.2 Å². The molecule has 2 heterocycles. The summed E-state index contributed by atoms with van der Waals surface area (Å²) in [7, 11) is 0. The van der Waals surface area contributed by atoms with E-state index in [0.717, 1.165) is 45.7 Å². The summed E-state index contributed by atoms with van der Waals surface area (Å²) in [5.74, 6) is 0.748. The van der Waals surface area contributed by atoms with Gasteiger partial charge in [-0.3, -0.25) is 14.5 Å². The van der Waals surface area contributed by atoms with Crippen molar-refractivity contribution in [3.8, 4) is 0 Å². The molecule has 4 rings (SSSR count). The molecule has 1 aliphatic carbocycles. The number of anilines is 1. The number of carbonyl (C=O) groups is 2. The van der Waals surface area contributed by atoms with E-state index in [9.17, 15) is 9.59 Å². The maximum absolute atomic E-state index is 12.4. The second kappa shape index (κ2) is 8.95. The fourth-order valence-corrected chi connectivity index (χ4v) is 4.26. The highest BCUT2D eigenvalue weighted by atomic mass is 16.2. The highest BCUT2D eigenvalue weighted by molar-refractivity contribution is 5.89. The molecule has 0 aromatic heterocycles. The Balaban J connectivity index is 1.10. The number of carbonyl (C=O) groups excluding carboxylic acids is 2. The van der Waals surface area contributed by atoms with Gasteiger partial charge in [-0.25, -0.2) is 0 Å². The monoisotopic (exact) mass is 384 g/mol. The molecule has 2 saturated heterocycles. The third-order valence-electron chi connectivity index (χ3n) is 6.20. The van der Waals surface area contributed by atoms with Crippen LogP contribution in [0.4, 0.5) is 5.69 Å². The molecule has 1 saturated carbocycles. The van der Waals surface area contributed by atoms with E-state index in [4.69, 9.17) is 0 Å². The standard InChI is InChI=1S/C22H32N4O2/c27-21-15-19(17-26(21)16-18-7-8-18)22(28)23-9-4-10-24-11-13-25(14-12-24)20-5-2-1-3-6-20/h1-3,5-6,18-19H,4,7-17H2,(H,23,28). The summed E-state index contributed by atoms with van der Waals surface area (Å²) in [6.07, 6.45) is 3.82. The maximum Gasteiger partial charge on any atom is 0.225 e. The maximum atomic E-state index is 12.4. The number of piperazine rings is 1. The van der Waals surface area contributed by atoms with Crippen molar-refractivity contribution in [2.24, 2.45) is 11.8 Å². The van der Waals surface area contributed by atoms with Crippen molar-refractivity contribution in [2.75, 3.05) is 57.3 Å². The topological polar surface area (TPSA) is 55.9 Å². The molecule has 6 nitrogen and oxygen atoms in total. The fourth-order valence-electron chi connectivity index (χ4n) is 4.26. The van der Waals surface area contributed by atoms with Crippen LogP contribution in [0, 0.1) is 11.8 Å². The molecule has 2 amide bonds.